The van der Waals surface area contributed by atoms with Crippen molar-refractivity contribution < 1.29 is 38.2 Å². The fourth-order valence-electron chi connectivity index (χ4n) is 6.90. The number of likely N-dealkylation sites (N-methyl/N-ethyl adjacent to an activating group) is 1. The third kappa shape index (κ3) is 48.2. The Hall–Kier alpha value is -4.79. The number of aliphatic carboxylic acids is 1. The van der Waals surface area contributed by atoms with Crippen molar-refractivity contribution >= 4 is 17.9 Å². The maximum Gasteiger partial charge on any atom is 0.306 e. The van der Waals surface area contributed by atoms with Crippen LogP contribution in [0.3, 0.4) is 0 Å². The number of quaternary nitrogens is 1. The monoisotopic (exact) mass is 968 g/mol. The molecule has 0 heterocycles. The first-order valence-electron chi connectivity index (χ1n) is 26.9. The third-order valence-electron chi connectivity index (χ3n) is 11.0. The standard InChI is InChI=1S/C62H97NO7/c1-6-8-10-12-14-16-18-20-22-24-26-28-30-32-34-36-38-40-42-44-46-48-50-52-60(64)69-57-58(56-68-55-54-59(62(66)67)63(3,4)5)70-61(65)53-51-49-47-45-43-41-39-37-35-33-31-29-27-25-23-21-19-17-15-13-11-9-7-2/h8-11,14-17,20-23,26-29,32-35,38-41,58-59H,6-7,12-13,18-19,24-25,30-31,36-37,42-57H2,1-5H3/b10-8+,11-9+,16-14+,17-15+,22-20+,23-21+,28-26+,29-27+,34-32+,35-33+,40-38+,41-39+. The number of esters is 2. The highest BCUT2D eigenvalue weighted by molar-refractivity contribution is 5.70. The molecule has 8 nitrogen and oxygen atoms in total. The molecule has 2 atom stereocenters. The van der Waals surface area contributed by atoms with E-state index in [4.69, 9.17) is 14.2 Å². The summed E-state index contributed by atoms with van der Waals surface area (Å²) < 4.78 is 17.2. The van der Waals surface area contributed by atoms with Crippen molar-refractivity contribution in [3.8, 4) is 0 Å². The summed E-state index contributed by atoms with van der Waals surface area (Å²) in [7, 11) is 5.38. The molecular formula is C62H97NO7. The largest absolute Gasteiger partial charge is 0.544 e. The van der Waals surface area contributed by atoms with E-state index < -0.39 is 18.1 Å². The summed E-state index contributed by atoms with van der Waals surface area (Å²) in [5.74, 6) is -1.82. The van der Waals surface area contributed by atoms with Crippen LogP contribution in [0.4, 0.5) is 0 Å². The van der Waals surface area contributed by atoms with E-state index in [0.717, 1.165) is 135 Å². The summed E-state index contributed by atoms with van der Waals surface area (Å²) in [5.41, 5.74) is 0. The Labute approximate surface area is 427 Å². The zero-order chi connectivity index (χ0) is 51.3. The molecule has 0 aromatic heterocycles. The zero-order valence-electron chi connectivity index (χ0n) is 44.6. The maximum atomic E-state index is 12.8. The molecule has 0 spiro atoms. The van der Waals surface area contributed by atoms with E-state index in [1.54, 1.807) is 21.1 Å². The number of carbonyl (C=O) groups excluding carboxylic acids is 3. The Kier molecular flexibility index (Phi) is 47.1. The lowest BCUT2D eigenvalue weighted by atomic mass is 10.1. The number of carboxylic acids is 1. The second-order valence-corrected chi connectivity index (χ2v) is 18.3. The van der Waals surface area contributed by atoms with E-state index in [2.05, 4.69) is 160 Å². The van der Waals surface area contributed by atoms with Gasteiger partial charge >= 0.3 is 11.9 Å². The lowest BCUT2D eigenvalue weighted by molar-refractivity contribution is -0.889. The number of hydrogen-bond donors (Lipinski definition) is 0. The van der Waals surface area contributed by atoms with Gasteiger partial charge in [-0.2, -0.15) is 0 Å². The number of nitrogens with zero attached hydrogens (tertiary/aromatic N) is 1. The molecule has 0 aromatic rings. The lowest BCUT2D eigenvalue weighted by Crippen LogP contribution is -2.55. The van der Waals surface area contributed by atoms with Gasteiger partial charge in [0, 0.05) is 19.3 Å². The molecule has 0 saturated carbocycles. The Morgan fingerprint density at radius 1 is 0.429 bits per heavy atom. The highest BCUT2D eigenvalue weighted by Gasteiger charge is 2.25. The predicted octanol–water partition coefficient (Wildman–Crippen LogP) is 14.7. The molecule has 0 fully saturated rings. The minimum atomic E-state index is -1.14. The zero-order valence-corrected chi connectivity index (χ0v) is 44.6. The highest BCUT2D eigenvalue weighted by atomic mass is 16.6. The highest BCUT2D eigenvalue weighted by Crippen LogP contribution is 2.12. The van der Waals surface area contributed by atoms with E-state index >= 15 is 0 Å². The van der Waals surface area contributed by atoms with Crippen molar-refractivity contribution in [2.24, 2.45) is 0 Å². The van der Waals surface area contributed by atoms with Crippen LogP contribution in [0.5, 0.6) is 0 Å². The van der Waals surface area contributed by atoms with Gasteiger partial charge in [0.1, 0.15) is 12.6 Å². The average molecular weight is 968 g/mol. The van der Waals surface area contributed by atoms with Crippen molar-refractivity contribution in [3.05, 3.63) is 146 Å². The van der Waals surface area contributed by atoms with Gasteiger partial charge in [0.25, 0.3) is 0 Å². The Bertz CT molecular complexity index is 1650. The SMILES string of the molecule is CC/C=C/C/C=C/C/C=C/C/C=C/C/C=C/C/C=C/CCCCCCC(=O)OCC(COCCC(C(=O)[O-])[N+](C)(C)C)OC(=O)CCCCCC/C=C/C/C=C/C/C=C/C/C=C/C/C=C/C/C=C/CC. The molecule has 0 radical (unpaired) electrons. The quantitative estimate of drug-likeness (QED) is 0.0259. The van der Waals surface area contributed by atoms with Gasteiger partial charge < -0.3 is 28.6 Å². The molecule has 2 unspecified atom stereocenters. The maximum absolute atomic E-state index is 12.8. The smallest absolute Gasteiger partial charge is 0.306 e. The molecule has 0 aliphatic heterocycles. The lowest BCUT2D eigenvalue weighted by Gasteiger charge is -2.34. The van der Waals surface area contributed by atoms with Crippen molar-refractivity contribution in [3.63, 3.8) is 0 Å². The number of unbranched alkanes of at least 4 members (excludes halogenated alkanes) is 8. The Balaban J connectivity index is 4.38. The Morgan fingerprint density at radius 2 is 0.757 bits per heavy atom. The fourth-order valence-corrected chi connectivity index (χ4v) is 6.90. The molecule has 0 saturated heterocycles. The van der Waals surface area contributed by atoms with Crippen LogP contribution >= 0.6 is 0 Å². The average Bonchev–Trinajstić information content (AvgIpc) is 3.33. The molecule has 0 rings (SSSR count). The molecule has 392 valence electrons. The first-order chi connectivity index (χ1) is 34.1. The molecule has 0 aliphatic rings. The number of allylic oxidation sites excluding steroid dienone is 24. The summed E-state index contributed by atoms with van der Waals surface area (Å²) in [5, 5.41) is 11.7. The fraction of sp³-hybridized carbons (Fsp3) is 0.565. The van der Waals surface area contributed by atoms with Crippen LogP contribution < -0.4 is 5.11 Å². The van der Waals surface area contributed by atoms with Gasteiger partial charge in [0.2, 0.25) is 0 Å². The van der Waals surface area contributed by atoms with Gasteiger partial charge in [-0.25, -0.2) is 0 Å². The Morgan fingerprint density at radius 3 is 1.10 bits per heavy atom. The van der Waals surface area contributed by atoms with Gasteiger partial charge in [-0.3, -0.25) is 9.59 Å². The van der Waals surface area contributed by atoms with Crippen molar-refractivity contribution in [1.82, 2.24) is 0 Å². The number of rotatable bonds is 46. The van der Waals surface area contributed by atoms with Crippen LogP contribution in [-0.2, 0) is 28.6 Å². The molecule has 70 heavy (non-hydrogen) atoms. The van der Waals surface area contributed by atoms with Crippen molar-refractivity contribution in [1.29, 1.82) is 0 Å². The van der Waals surface area contributed by atoms with E-state index in [9.17, 15) is 19.5 Å². The number of ether oxygens (including phenoxy) is 3. The van der Waals surface area contributed by atoms with Crippen molar-refractivity contribution in [2.75, 3.05) is 41.0 Å². The topological polar surface area (TPSA) is 102 Å². The van der Waals surface area contributed by atoms with E-state index in [0.29, 0.717) is 12.8 Å². The predicted molar refractivity (Wildman–Crippen MR) is 295 cm³/mol. The van der Waals surface area contributed by atoms with Gasteiger partial charge in [-0.05, 0) is 116 Å². The van der Waals surface area contributed by atoms with E-state index in [1.165, 1.54) is 0 Å². The van der Waals surface area contributed by atoms with Gasteiger partial charge in [-0.15, -0.1) is 0 Å². The molecule has 8 heteroatoms. The summed E-state index contributed by atoms with van der Waals surface area (Å²) in [6.45, 7) is 4.36. The van der Waals surface area contributed by atoms with Crippen LogP contribution in [-0.4, -0.2) is 75.5 Å². The van der Waals surface area contributed by atoms with Crippen molar-refractivity contribution in [2.45, 2.75) is 187 Å². The third-order valence-corrected chi connectivity index (χ3v) is 11.0. The minimum Gasteiger partial charge on any atom is -0.544 e. The van der Waals surface area contributed by atoms with Crippen LogP contribution in [0.25, 0.3) is 0 Å². The summed E-state index contributed by atoms with van der Waals surface area (Å²) in [6, 6.07) is -0.746. The molecule has 0 aromatic carbocycles. The van der Waals surface area contributed by atoms with Crippen LogP contribution in [0.1, 0.15) is 174 Å². The second-order valence-electron chi connectivity index (χ2n) is 18.3. The number of carboxylic acid groups (broad SMARTS) is 1. The molecule has 0 aliphatic carbocycles. The normalized spacial score (nSPS) is 14.0. The van der Waals surface area contributed by atoms with Crippen LogP contribution in [0.15, 0.2) is 146 Å². The molecule has 0 N–H and O–H groups in total. The summed E-state index contributed by atoms with van der Waals surface area (Å²) in [4.78, 5) is 37.1. The first kappa shape index (κ1) is 65.2. The minimum absolute atomic E-state index is 0.0104. The number of hydrogen-bond acceptors (Lipinski definition) is 7. The summed E-state index contributed by atoms with van der Waals surface area (Å²) in [6.07, 6.45) is 74.5. The first-order valence-corrected chi connectivity index (χ1v) is 26.9. The van der Waals surface area contributed by atoms with Crippen LogP contribution in [0, 0.1) is 0 Å². The molecule has 0 bridgehead atoms. The van der Waals surface area contributed by atoms with Gasteiger partial charge in [0.05, 0.1) is 40.3 Å². The molecular weight excluding hydrogens is 871 g/mol. The van der Waals surface area contributed by atoms with Crippen LogP contribution in [0.2, 0.25) is 0 Å². The molecule has 0 amide bonds. The van der Waals surface area contributed by atoms with E-state index in [-0.39, 0.29) is 49.1 Å². The van der Waals surface area contributed by atoms with E-state index in [1.807, 2.05) is 0 Å². The second kappa shape index (κ2) is 50.6. The van der Waals surface area contributed by atoms with Gasteiger partial charge in [-0.1, -0.05) is 185 Å². The number of carbonyl (C=O) groups is 3. The summed E-state index contributed by atoms with van der Waals surface area (Å²) >= 11 is 0. The van der Waals surface area contributed by atoms with Gasteiger partial charge in [0.15, 0.2) is 6.10 Å².